The van der Waals surface area contributed by atoms with Gasteiger partial charge in [0.1, 0.15) is 0 Å². The van der Waals surface area contributed by atoms with Crippen molar-refractivity contribution in [2.45, 2.75) is 39.2 Å². The van der Waals surface area contributed by atoms with Crippen LogP contribution in [0, 0.1) is 5.92 Å². The van der Waals surface area contributed by atoms with Crippen LogP contribution in [0.3, 0.4) is 0 Å². The smallest absolute Gasteiger partial charge is 0.255 e. The van der Waals surface area contributed by atoms with Crippen molar-refractivity contribution in [3.05, 3.63) is 24.0 Å². The van der Waals surface area contributed by atoms with Crippen molar-refractivity contribution < 1.29 is 4.79 Å². The summed E-state index contributed by atoms with van der Waals surface area (Å²) in [6, 6.07) is 2.09. The summed E-state index contributed by atoms with van der Waals surface area (Å²) in [5, 5.41) is 6.26. The lowest BCUT2D eigenvalue weighted by Crippen LogP contribution is -2.40. The number of aromatic nitrogens is 1. The second-order valence-corrected chi connectivity index (χ2v) is 4.90. The molecular weight excluding hydrogens is 226 g/mol. The summed E-state index contributed by atoms with van der Waals surface area (Å²) in [6.07, 6.45) is 7.08. The molecule has 4 heteroatoms. The molecule has 1 saturated carbocycles. The van der Waals surface area contributed by atoms with Crippen LogP contribution in [0.2, 0.25) is 0 Å². The number of hydrogen-bond donors (Lipinski definition) is 2. The minimum Gasteiger partial charge on any atom is -0.385 e. The third-order valence-electron chi connectivity index (χ3n) is 3.65. The molecule has 0 bridgehead atoms. The fraction of sp³-hybridized carbons (Fsp3) is 0.571. The summed E-state index contributed by atoms with van der Waals surface area (Å²) in [5.74, 6) is 0.617. The molecule has 0 aromatic carbocycles. The second-order valence-electron chi connectivity index (χ2n) is 4.90. The third-order valence-corrected chi connectivity index (χ3v) is 3.65. The first-order valence-corrected chi connectivity index (χ1v) is 6.71. The van der Waals surface area contributed by atoms with Crippen molar-refractivity contribution in [1.29, 1.82) is 0 Å². The minimum atomic E-state index is -0.0292. The predicted molar refractivity (Wildman–Crippen MR) is 72.7 cm³/mol. The molecule has 0 radical (unpaired) electrons. The van der Waals surface area contributed by atoms with Crippen molar-refractivity contribution in [3.63, 3.8) is 0 Å². The zero-order valence-corrected chi connectivity index (χ0v) is 11.1. The van der Waals surface area contributed by atoms with Crippen LogP contribution in [0.5, 0.6) is 0 Å². The van der Waals surface area contributed by atoms with Crippen LogP contribution in [0.15, 0.2) is 18.5 Å². The molecule has 1 amide bonds. The summed E-state index contributed by atoms with van der Waals surface area (Å²) in [7, 11) is 0. The summed E-state index contributed by atoms with van der Waals surface area (Å²) in [5.41, 5.74) is 1.48. The molecule has 0 spiro atoms. The van der Waals surface area contributed by atoms with Crippen LogP contribution in [0.4, 0.5) is 5.69 Å². The molecule has 1 aliphatic rings. The van der Waals surface area contributed by atoms with Crippen molar-refractivity contribution >= 4 is 11.6 Å². The van der Waals surface area contributed by atoms with Gasteiger partial charge in [0.15, 0.2) is 0 Å². The molecule has 1 atom stereocenters. The van der Waals surface area contributed by atoms with Crippen molar-refractivity contribution in [3.8, 4) is 0 Å². The van der Waals surface area contributed by atoms with Gasteiger partial charge in [0.2, 0.25) is 0 Å². The van der Waals surface area contributed by atoms with Crippen molar-refractivity contribution in [1.82, 2.24) is 10.3 Å². The highest BCUT2D eigenvalue weighted by atomic mass is 16.1. The van der Waals surface area contributed by atoms with Crippen LogP contribution in [0.25, 0.3) is 0 Å². The van der Waals surface area contributed by atoms with Crippen LogP contribution in [0.1, 0.15) is 43.5 Å². The average molecular weight is 247 g/mol. The van der Waals surface area contributed by atoms with E-state index < -0.39 is 0 Å². The molecule has 2 rings (SSSR count). The zero-order valence-electron chi connectivity index (χ0n) is 11.1. The lowest BCUT2D eigenvalue weighted by Gasteiger charge is -2.32. The molecule has 18 heavy (non-hydrogen) atoms. The van der Waals surface area contributed by atoms with Crippen molar-refractivity contribution in [2.24, 2.45) is 5.92 Å². The van der Waals surface area contributed by atoms with Gasteiger partial charge in [-0.2, -0.15) is 0 Å². The van der Waals surface area contributed by atoms with Gasteiger partial charge in [-0.3, -0.25) is 9.78 Å². The Morgan fingerprint density at radius 1 is 1.56 bits per heavy atom. The Bertz CT molecular complexity index is 415. The maximum Gasteiger partial charge on any atom is 0.255 e. The van der Waals surface area contributed by atoms with Crippen LogP contribution in [-0.4, -0.2) is 23.5 Å². The van der Waals surface area contributed by atoms with Gasteiger partial charge in [-0.15, -0.1) is 0 Å². The van der Waals surface area contributed by atoms with Gasteiger partial charge < -0.3 is 10.6 Å². The largest absolute Gasteiger partial charge is 0.385 e. The highest BCUT2D eigenvalue weighted by molar-refractivity contribution is 5.99. The maximum atomic E-state index is 12.2. The first-order chi connectivity index (χ1) is 8.72. The van der Waals surface area contributed by atoms with Crippen molar-refractivity contribution in [2.75, 3.05) is 11.9 Å². The molecule has 98 valence electrons. The Kier molecular flexibility index (Phi) is 4.18. The molecule has 0 aliphatic heterocycles. The minimum absolute atomic E-state index is 0.0292. The maximum absolute atomic E-state index is 12.2. The Hall–Kier alpha value is -1.58. The standard InChI is InChI=1S/C14H21N3O/c1-3-16-13-7-8-15-9-12(13)14(18)17-10(2)11-5-4-6-11/h7-11H,3-6H2,1-2H3,(H,15,16)(H,17,18). The van der Waals surface area contributed by atoms with E-state index in [9.17, 15) is 4.79 Å². The fourth-order valence-electron chi connectivity index (χ4n) is 2.26. The topological polar surface area (TPSA) is 54.0 Å². The lowest BCUT2D eigenvalue weighted by atomic mass is 9.80. The number of hydrogen-bond acceptors (Lipinski definition) is 3. The van der Waals surface area contributed by atoms with E-state index in [1.165, 1.54) is 19.3 Å². The highest BCUT2D eigenvalue weighted by Gasteiger charge is 2.25. The van der Waals surface area contributed by atoms with Gasteiger partial charge in [0.05, 0.1) is 11.3 Å². The summed E-state index contributed by atoms with van der Waals surface area (Å²) in [6.45, 7) is 4.90. The molecular formula is C14H21N3O. The molecule has 1 fully saturated rings. The molecule has 1 aromatic rings. The Balaban J connectivity index is 2.03. The number of pyridine rings is 1. The van der Waals surface area contributed by atoms with Gasteiger partial charge in [0.25, 0.3) is 5.91 Å². The first-order valence-electron chi connectivity index (χ1n) is 6.71. The van der Waals surface area contributed by atoms with Gasteiger partial charge in [-0.05, 0) is 38.7 Å². The summed E-state index contributed by atoms with van der Waals surface area (Å²) >= 11 is 0. The fourth-order valence-corrected chi connectivity index (χ4v) is 2.26. The van der Waals surface area contributed by atoms with E-state index in [4.69, 9.17) is 0 Å². The van der Waals surface area contributed by atoms with E-state index in [0.717, 1.165) is 12.2 Å². The molecule has 4 nitrogen and oxygen atoms in total. The average Bonchev–Trinajstić information content (AvgIpc) is 2.27. The van der Waals surface area contributed by atoms with E-state index >= 15 is 0 Å². The number of rotatable bonds is 5. The Morgan fingerprint density at radius 2 is 2.33 bits per heavy atom. The highest BCUT2D eigenvalue weighted by Crippen LogP contribution is 2.29. The molecule has 1 heterocycles. The number of nitrogens with zero attached hydrogens (tertiary/aromatic N) is 1. The van der Waals surface area contributed by atoms with Crippen LogP contribution >= 0.6 is 0 Å². The quantitative estimate of drug-likeness (QED) is 0.840. The summed E-state index contributed by atoms with van der Waals surface area (Å²) in [4.78, 5) is 16.2. The molecule has 0 saturated heterocycles. The third kappa shape index (κ3) is 2.81. The summed E-state index contributed by atoms with van der Waals surface area (Å²) < 4.78 is 0. The first kappa shape index (κ1) is 12.9. The number of anilines is 1. The normalized spacial score (nSPS) is 16.8. The second kappa shape index (κ2) is 5.85. The molecule has 1 unspecified atom stereocenters. The van der Waals surface area contributed by atoms with Gasteiger partial charge >= 0.3 is 0 Å². The number of carbonyl (C=O) groups excluding carboxylic acids is 1. The van der Waals surface area contributed by atoms with E-state index in [1.54, 1.807) is 12.4 Å². The van der Waals surface area contributed by atoms with Gasteiger partial charge in [-0.1, -0.05) is 6.42 Å². The van der Waals surface area contributed by atoms with Crippen LogP contribution in [-0.2, 0) is 0 Å². The lowest BCUT2D eigenvalue weighted by molar-refractivity contribution is 0.0910. The number of nitrogens with one attached hydrogen (secondary N) is 2. The number of amides is 1. The molecule has 1 aromatic heterocycles. The zero-order chi connectivity index (χ0) is 13.0. The Morgan fingerprint density at radius 3 is 2.94 bits per heavy atom. The van der Waals surface area contributed by atoms with Gasteiger partial charge in [-0.25, -0.2) is 0 Å². The molecule has 1 aliphatic carbocycles. The Labute approximate surface area is 108 Å². The molecule has 2 N–H and O–H groups in total. The van der Waals surface area contributed by atoms with Gasteiger partial charge in [0, 0.05) is 25.0 Å². The van der Waals surface area contributed by atoms with E-state index in [0.29, 0.717) is 11.5 Å². The van der Waals surface area contributed by atoms with E-state index in [1.807, 2.05) is 13.0 Å². The van der Waals surface area contributed by atoms with E-state index in [-0.39, 0.29) is 11.9 Å². The SMILES string of the molecule is CCNc1ccncc1C(=O)NC(C)C1CCC1. The van der Waals surface area contributed by atoms with E-state index in [2.05, 4.69) is 22.5 Å². The van der Waals surface area contributed by atoms with Crippen LogP contribution < -0.4 is 10.6 Å². The monoisotopic (exact) mass is 247 g/mol. The predicted octanol–water partition coefficient (Wildman–Crippen LogP) is 2.43. The number of carbonyl (C=O) groups is 1.